The molecule has 2 N–H and O–H groups in total. The third-order valence-corrected chi connectivity index (χ3v) is 14.7. The molecule has 5 fully saturated rings. The predicted octanol–water partition coefficient (Wildman–Crippen LogP) is 8.29. The van der Waals surface area contributed by atoms with Gasteiger partial charge in [0, 0.05) is 18.3 Å². The second kappa shape index (κ2) is 10.6. The maximum Gasteiger partial charge on any atom is 0.309 e. The van der Waals surface area contributed by atoms with Crippen LogP contribution in [0.2, 0.25) is 0 Å². The quantitative estimate of drug-likeness (QED) is 0.169. The van der Waals surface area contributed by atoms with Gasteiger partial charge in [-0.1, -0.05) is 46.8 Å². The first-order valence-corrected chi connectivity index (χ1v) is 16.8. The van der Waals surface area contributed by atoms with Crippen LogP contribution >= 0.6 is 0 Å². The van der Waals surface area contributed by atoms with Crippen molar-refractivity contribution in [2.75, 3.05) is 0 Å². The van der Waals surface area contributed by atoms with Gasteiger partial charge in [0.2, 0.25) is 0 Å². The summed E-state index contributed by atoms with van der Waals surface area (Å²) in [6.45, 7) is 18.7. The van der Waals surface area contributed by atoms with Gasteiger partial charge in [-0.15, -0.1) is 0 Å². The Morgan fingerprint density at radius 1 is 0.786 bits per heavy atom. The van der Waals surface area contributed by atoms with E-state index in [4.69, 9.17) is 9.84 Å². The number of ether oxygens (including phenoxy) is 1. The molecule has 6 nitrogen and oxygen atoms in total. The molecule has 5 saturated carbocycles. The van der Waals surface area contributed by atoms with Crippen LogP contribution in [-0.4, -0.2) is 34.2 Å². The summed E-state index contributed by atoms with van der Waals surface area (Å²) in [4.78, 5) is 36.5. The van der Waals surface area contributed by atoms with Crippen molar-refractivity contribution in [3.8, 4) is 0 Å². The van der Waals surface area contributed by atoms with Crippen molar-refractivity contribution in [3.63, 3.8) is 0 Å². The predicted molar refractivity (Wildman–Crippen MR) is 163 cm³/mol. The summed E-state index contributed by atoms with van der Waals surface area (Å²) < 4.78 is 6.14. The molecule has 0 aromatic carbocycles. The van der Waals surface area contributed by atoms with E-state index in [1.165, 1.54) is 5.57 Å². The summed E-state index contributed by atoms with van der Waals surface area (Å²) in [6, 6.07) is 0. The minimum absolute atomic E-state index is 0.0917. The van der Waals surface area contributed by atoms with E-state index in [1.807, 2.05) is 0 Å². The van der Waals surface area contributed by atoms with E-state index < -0.39 is 17.4 Å². The fourth-order valence-corrected chi connectivity index (χ4v) is 12.5. The van der Waals surface area contributed by atoms with Gasteiger partial charge in [0.25, 0.3) is 0 Å². The Hall–Kier alpha value is -1.85. The lowest BCUT2D eigenvalue weighted by molar-refractivity contribution is -0.250. The lowest BCUT2D eigenvalue weighted by Crippen LogP contribution is -2.67. The molecule has 0 radical (unpaired) electrons. The monoisotopic (exact) mass is 584 g/mol. The van der Waals surface area contributed by atoms with Gasteiger partial charge in [0.1, 0.15) is 6.10 Å². The van der Waals surface area contributed by atoms with Crippen molar-refractivity contribution in [2.45, 2.75) is 138 Å². The molecule has 5 aliphatic carbocycles. The zero-order valence-corrected chi connectivity index (χ0v) is 27.1. The van der Waals surface area contributed by atoms with Crippen LogP contribution in [0.1, 0.15) is 131 Å². The highest BCUT2D eigenvalue weighted by atomic mass is 16.5. The number of carbonyl (C=O) groups excluding carboxylic acids is 1. The molecule has 0 heterocycles. The lowest BCUT2D eigenvalue weighted by Gasteiger charge is -2.72. The van der Waals surface area contributed by atoms with Crippen molar-refractivity contribution in [1.29, 1.82) is 0 Å². The average Bonchev–Trinajstić information content (AvgIpc) is 3.30. The van der Waals surface area contributed by atoms with E-state index in [9.17, 15) is 19.5 Å². The smallest absolute Gasteiger partial charge is 0.309 e. The molecule has 42 heavy (non-hydrogen) atoms. The third kappa shape index (κ3) is 4.50. The van der Waals surface area contributed by atoms with Gasteiger partial charge in [0.05, 0.1) is 5.41 Å². The molecule has 0 aromatic heterocycles. The molecule has 3 unspecified atom stereocenters. The van der Waals surface area contributed by atoms with Crippen molar-refractivity contribution in [1.82, 2.24) is 0 Å². The number of unbranched alkanes of at least 4 members (excludes halogenated alkanes) is 1. The average molecular weight is 585 g/mol. The van der Waals surface area contributed by atoms with Crippen molar-refractivity contribution in [2.24, 2.45) is 56.7 Å². The van der Waals surface area contributed by atoms with Gasteiger partial charge in [-0.05, 0) is 130 Å². The molecule has 0 aliphatic heterocycles. The highest BCUT2D eigenvalue weighted by molar-refractivity contribution is 5.76. The number of hydrogen-bond donors (Lipinski definition) is 2. The SMILES string of the molecule is C=C(C)C1CC[C@]2(C(=O)O)CC[C@]3(C)C(CC[C@@H]4[C@@]5(C)CC[C@H](OC(=O)CCCCC(=O)O)C(C)(C)C5CC[C@]43C)[C@H]12. The van der Waals surface area contributed by atoms with E-state index in [2.05, 4.69) is 48.1 Å². The number of aliphatic carboxylic acids is 2. The van der Waals surface area contributed by atoms with Gasteiger partial charge in [-0.2, -0.15) is 0 Å². The lowest BCUT2D eigenvalue weighted by atomic mass is 9.32. The van der Waals surface area contributed by atoms with Crippen LogP contribution in [0.15, 0.2) is 12.2 Å². The summed E-state index contributed by atoms with van der Waals surface area (Å²) in [6.07, 6.45) is 11.3. The molecule has 0 spiro atoms. The van der Waals surface area contributed by atoms with Crippen molar-refractivity contribution < 1.29 is 29.3 Å². The van der Waals surface area contributed by atoms with Gasteiger partial charge < -0.3 is 14.9 Å². The Morgan fingerprint density at radius 3 is 2.12 bits per heavy atom. The minimum Gasteiger partial charge on any atom is -0.481 e. The first kappa shape index (κ1) is 31.6. The highest BCUT2D eigenvalue weighted by Crippen LogP contribution is 2.77. The van der Waals surface area contributed by atoms with E-state index in [-0.39, 0.29) is 52.5 Å². The first-order chi connectivity index (χ1) is 19.5. The zero-order chi connectivity index (χ0) is 30.9. The maximum atomic E-state index is 12.9. The number of carboxylic acids is 2. The topological polar surface area (TPSA) is 101 Å². The Bertz CT molecular complexity index is 1130. The van der Waals surface area contributed by atoms with E-state index in [0.29, 0.717) is 36.5 Å². The number of carboxylic acid groups (broad SMARTS) is 2. The molecule has 236 valence electrons. The van der Waals surface area contributed by atoms with E-state index >= 15 is 0 Å². The van der Waals surface area contributed by atoms with Gasteiger partial charge in [-0.3, -0.25) is 14.4 Å². The Kier molecular flexibility index (Phi) is 8.00. The fraction of sp³-hybridized carbons (Fsp3) is 0.861. The molecule has 0 saturated heterocycles. The molecule has 5 rings (SSSR count). The highest BCUT2D eigenvalue weighted by Gasteiger charge is 2.72. The van der Waals surface area contributed by atoms with Crippen LogP contribution in [0.5, 0.6) is 0 Å². The summed E-state index contributed by atoms with van der Waals surface area (Å²) in [5.41, 5.74) is 0.860. The number of rotatable bonds is 8. The molecular weight excluding hydrogens is 528 g/mol. The number of fused-ring (bicyclic) bond motifs is 7. The largest absolute Gasteiger partial charge is 0.481 e. The third-order valence-electron chi connectivity index (χ3n) is 14.7. The van der Waals surface area contributed by atoms with Crippen LogP contribution in [0.4, 0.5) is 0 Å². The number of esters is 1. The Morgan fingerprint density at radius 2 is 1.48 bits per heavy atom. The molecule has 0 amide bonds. The zero-order valence-electron chi connectivity index (χ0n) is 27.1. The summed E-state index contributed by atoms with van der Waals surface area (Å²) in [5, 5.41) is 19.5. The molecule has 6 heteroatoms. The number of allylic oxidation sites excluding steroid dienone is 1. The minimum atomic E-state index is -0.823. The maximum absolute atomic E-state index is 12.9. The van der Waals surface area contributed by atoms with Gasteiger partial charge in [0.15, 0.2) is 0 Å². The number of carbonyl (C=O) groups is 3. The van der Waals surface area contributed by atoms with Crippen LogP contribution < -0.4 is 0 Å². The summed E-state index contributed by atoms with van der Waals surface area (Å²) in [5.74, 6) is 0.358. The second-order valence-corrected chi connectivity index (χ2v) is 16.6. The summed E-state index contributed by atoms with van der Waals surface area (Å²) in [7, 11) is 0. The van der Waals surface area contributed by atoms with E-state index in [1.54, 1.807) is 0 Å². The van der Waals surface area contributed by atoms with Crippen LogP contribution in [0.3, 0.4) is 0 Å². The standard InChI is InChI=1S/C36H56O6/c1-22(2)23-14-19-36(31(40)41)21-20-34(6)24(30(23)36)12-13-26-33(5)17-16-27(42-29(39)11-9-8-10-28(37)38)32(3,4)25(33)15-18-35(26,34)7/h23-27,30H,1,8-21H2,2-7H3,(H,37,38)(H,40,41)/t23?,24?,25?,26-,27+,30+,33+,34-,35-,36+/m1/s1. The van der Waals surface area contributed by atoms with Crippen LogP contribution in [-0.2, 0) is 19.1 Å². The molecule has 10 atom stereocenters. The van der Waals surface area contributed by atoms with Gasteiger partial charge >= 0.3 is 17.9 Å². The van der Waals surface area contributed by atoms with Gasteiger partial charge in [-0.25, -0.2) is 0 Å². The van der Waals surface area contributed by atoms with Crippen LogP contribution in [0.25, 0.3) is 0 Å². The Balaban J connectivity index is 1.37. The Labute approximate surface area is 253 Å². The molecular formula is C36H56O6. The summed E-state index contributed by atoms with van der Waals surface area (Å²) >= 11 is 0. The number of hydrogen-bond acceptors (Lipinski definition) is 4. The first-order valence-electron chi connectivity index (χ1n) is 16.8. The normalized spacial score (nSPS) is 45.5. The molecule has 0 bridgehead atoms. The fourth-order valence-electron chi connectivity index (χ4n) is 12.5. The molecule has 0 aromatic rings. The van der Waals surface area contributed by atoms with E-state index in [0.717, 1.165) is 64.2 Å². The van der Waals surface area contributed by atoms with Crippen molar-refractivity contribution in [3.05, 3.63) is 12.2 Å². The second-order valence-electron chi connectivity index (χ2n) is 16.6. The van der Waals surface area contributed by atoms with Crippen molar-refractivity contribution >= 4 is 17.9 Å². The van der Waals surface area contributed by atoms with Crippen LogP contribution in [0, 0.1) is 56.7 Å². The molecule has 5 aliphatic rings.